The fraction of sp³-hybridized carbons (Fsp3) is 0.375. The molecule has 0 aliphatic rings. The predicted octanol–water partition coefficient (Wildman–Crippen LogP) is 1.46. The van der Waals surface area contributed by atoms with Gasteiger partial charge in [-0.25, -0.2) is 35.8 Å². The van der Waals surface area contributed by atoms with Gasteiger partial charge in [0.1, 0.15) is 30.9 Å². The van der Waals surface area contributed by atoms with Gasteiger partial charge in [0.2, 0.25) is 20.0 Å². The summed E-state index contributed by atoms with van der Waals surface area (Å²) in [6.07, 6.45) is 1.39. The van der Waals surface area contributed by atoms with Gasteiger partial charge in [-0.2, -0.15) is 4.31 Å². The Morgan fingerprint density at radius 2 is 1.71 bits per heavy atom. The number of nitrogens with one attached hydrogen (secondary N) is 2. The number of benzene rings is 2. The van der Waals surface area contributed by atoms with E-state index in [-0.39, 0.29) is 47.5 Å². The fourth-order valence-electron chi connectivity index (χ4n) is 3.84. The number of amides is 1. The second kappa shape index (κ2) is 13.9. The van der Waals surface area contributed by atoms with E-state index in [0.717, 1.165) is 28.6 Å². The summed E-state index contributed by atoms with van der Waals surface area (Å²) in [6.45, 7) is 1.69. The van der Waals surface area contributed by atoms with Gasteiger partial charge < -0.3 is 4.74 Å². The van der Waals surface area contributed by atoms with Gasteiger partial charge in [0.15, 0.2) is 0 Å². The minimum absolute atomic E-state index is 0.0867. The lowest BCUT2D eigenvalue weighted by Gasteiger charge is -2.31. The van der Waals surface area contributed by atoms with Crippen LogP contribution in [-0.4, -0.2) is 73.1 Å². The lowest BCUT2D eigenvalue weighted by molar-refractivity contribution is -0.134. The van der Waals surface area contributed by atoms with Gasteiger partial charge >= 0.3 is 0 Å². The molecule has 0 spiro atoms. The molecule has 0 radical (unpaired) electrons. The van der Waals surface area contributed by atoms with E-state index in [0.29, 0.717) is 0 Å². The summed E-state index contributed by atoms with van der Waals surface area (Å²) in [5.74, 6) is -1.83. The number of hydrogen-bond donors (Lipinski definition) is 3. The summed E-state index contributed by atoms with van der Waals surface area (Å²) < 4.78 is 87.3. The van der Waals surface area contributed by atoms with E-state index >= 15 is 0 Å². The first-order chi connectivity index (χ1) is 19.4. The van der Waals surface area contributed by atoms with Crippen molar-refractivity contribution in [3.63, 3.8) is 0 Å². The first kappa shape index (κ1) is 32.0. The van der Waals surface area contributed by atoms with Gasteiger partial charge in [-0.15, -0.1) is 5.10 Å². The molecule has 1 atom stereocenters. The van der Waals surface area contributed by atoms with Crippen molar-refractivity contribution >= 4 is 26.0 Å². The van der Waals surface area contributed by atoms with Crippen LogP contribution in [0.3, 0.4) is 0 Å². The summed E-state index contributed by atoms with van der Waals surface area (Å²) >= 11 is 0. The summed E-state index contributed by atoms with van der Waals surface area (Å²) in [7, 11) is -8.27. The molecule has 3 rings (SSSR count). The van der Waals surface area contributed by atoms with Gasteiger partial charge in [0.25, 0.3) is 5.91 Å². The Balaban J connectivity index is 1.78. The third-order valence-corrected chi connectivity index (χ3v) is 9.11. The average molecular weight is 617 g/mol. The second-order valence-corrected chi connectivity index (χ2v) is 12.7. The van der Waals surface area contributed by atoms with Crippen LogP contribution in [0.4, 0.5) is 8.78 Å². The molecule has 2 aromatic carbocycles. The zero-order valence-electron chi connectivity index (χ0n) is 22.1. The number of hydrogen-bond acceptors (Lipinski definition) is 9. The molecular weight excluding hydrogens is 586 g/mol. The summed E-state index contributed by atoms with van der Waals surface area (Å²) in [6, 6.07) is 8.17. The quantitative estimate of drug-likeness (QED) is 0.169. The Kier molecular flexibility index (Phi) is 10.9. The summed E-state index contributed by atoms with van der Waals surface area (Å²) in [5, 5.41) is 17.1. The van der Waals surface area contributed by atoms with Crippen molar-refractivity contribution in [2.45, 2.75) is 42.8 Å². The zero-order valence-corrected chi connectivity index (χ0v) is 23.8. The maximum absolute atomic E-state index is 13.6. The molecule has 1 amide bonds. The molecule has 0 fully saturated rings. The highest BCUT2D eigenvalue weighted by molar-refractivity contribution is 7.89. The average Bonchev–Trinajstić information content (AvgIpc) is 3.40. The van der Waals surface area contributed by atoms with Gasteiger partial charge in [0.05, 0.1) is 28.6 Å². The van der Waals surface area contributed by atoms with Gasteiger partial charge in [0, 0.05) is 12.7 Å². The van der Waals surface area contributed by atoms with Crippen LogP contribution in [0.15, 0.2) is 64.5 Å². The van der Waals surface area contributed by atoms with Crippen molar-refractivity contribution < 1.29 is 40.4 Å². The van der Waals surface area contributed by atoms with Crippen molar-refractivity contribution in [2.24, 2.45) is 5.92 Å². The third-order valence-electron chi connectivity index (χ3n) is 5.80. The van der Waals surface area contributed by atoms with Crippen LogP contribution in [0.1, 0.15) is 19.5 Å². The molecule has 0 saturated heterocycles. The second-order valence-electron chi connectivity index (χ2n) is 9.04. The van der Waals surface area contributed by atoms with E-state index < -0.39 is 50.4 Å². The number of sulfonamides is 2. The number of aromatic nitrogens is 3. The highest BCUT2D eigenvalue weighted by Gasteiger charge is 2.38. The Hall–Kier alpha value is -3.51. The largest absolute Gasteiger partial charge is 0.491 e. The number of nitrogens with zero attached hydrogens (tertiary/aromatic N) is 4. The van der Waals surface area contributed by atoms with Crippen LogP contribution in [0.5, 0.6) is 5.75 Å². The smallest absolute Gasteiger partial charge is 0.262 e. The maximum atomic E-state index is 13.6. The molecule has 17 heteroatoms. The molecule has 13 nitrogen and oxygen atoms in total. The number of rotatable bonds is 15. The molecule has 1 heterocycles. The molecule has 224 valence electrons. The van der Waals surface area contributed by atoms with Gasteiger partial charge in [-0.1, -0.05) is 19.1 Å². The summed E-state index contributed by atoms with van der Waals surface area (Å²) in [5.41, 5.74) is 1.72. The van der Waals surface area contributed by atoms with Crippen LogP contribution in [0.2, 0.25) is 0 Å². The lowest BCUT2D eigenvalue weighted by atomic mass is 10.0. The van der Waals surface area contributed by atoms with Gasteiger partial charge in [-0.3, -0.25) is 14.7 Å². The number of alkyl halides is 1. The molecule has 41 heavy (non-hydrogen) atoms. The molecule has 0 unspecified atom stereocenters. The number of carbonyl (C=O) groups excluding carboxylic acids is 1. The van der Waals surface area contributed by atoms with Crippen LogP contribution in [0.25, 0.3) is 0 Å². The molecule has 0 aliphatic heterocycles. The van der Waals surface area contributed by atoms with Crippen molar-refractivity contribution in [3.05, 3.63) is 66.2 Å². The van der Waals surface area contributed by atoms with Crippen molar-refractivity contribution in [2.75, 3.05) is 19.8 Å². The minimum atomic E-state index is -4.31. The van der Waals surface area contributed by atoms with E-state index in [1.807, 2.05) is 0 Å². The monoisotopic (exact) mass is 616 g/mol. The molecule has 3 aromatic rings. The Bertz CT molecular complexity index is 1520. The van der Waals surface area contributed by atoms with E-state index in [4.69, 9.17) is 4.74 Å². The Morgan fingerprint density at radius 1 is 1.07 bits per heavy atom. The van der Waals surface area contributed by atoms with E-state index in [9.17, 15) is 35.6 Å². The fourth-order valence-corrected chi connectivity index (χ4v) is 6.55. The van der Waals surface area contributed by atoms with E-state index in [2.05, 4.69) is 15.0 Å². The van der Waals surface area contributed by atoms with Crippen molar-refractivity contribution in [3.8, 4) is 5.75 Å². The normalized spacial score (nSPS) is 13.0. The lowest BCUT2D eigenvalue weighted by Crippen LogP contribution is -2.52. The van der Waals surface area contributed by atoms with Crippen molar-refractivity contribution in [1.82, 2.24) is 29.5 Å². The number of halogens is 2. The predicted molar refractivity (Wildman–Crippen MR) is 141 cm³/mol. The maximum Gasteiger partial charge on any atom is 0.262 e. The molecule has 0 bridgehead atoms. The standard InChI is InChI=1S/C24H30F2N6O7S2/c1-17(2)23(24(33)29-34)32(41(37,38)22-9-5-20(6-10-22)39-14-11-25)13-12-31-16-19(28-30-31)15-27-40(35,36)21-7-3-18(26)4-8-21/h3-10,16-17,23,27,34H,11-15H2,1-2H3,(H,29,33)/t23-/m1/s1. The first-order valence-electron chi connectivity index (χ1n) is 12.3. The van der Waals surface area contributed by atoms with Crippen LogP contribution < -0.4 is 14.9 Å². The molecule has 3 N–H and O–H groups in total. The van der Waals surface area contributed by atoms with Crippen LogP contribution >= 0.6 is 0 Å². The van der Waals surface area contributed by atoms with E-state index in [1.165, 1.54) is 40.6 Å². The number of hydroxylamine groups is 1. The molecule has 0 aliphatic carbocycles. The SMILES string of the molecule is CC(C)[C@H](C(=O)NO)N(CCn1cc(CNS(=O)(=O)c2ccc(F)cc2)nn1)S(=O)(=O)c1ccc(OCCF)cc1. The molecular formula is C24H30F2N6O7S2. The highest BCUT2D eigenvalue weighted by Crippen LogP contribution is 2.24. The topological polar surface area (TPSA) is 173 Å². The van der Waals surface area contributed by atoms with E-state index in [1.54, 1.807) is 13.8 Å². The van der Waals surface area contributed by atoms with Crippen LogP contribution in [-0.2, 0) is 37.9 Å². The zero-order chi connectivity index (χ0) is 30.2. The third kappa shape index (κ3) is 8.26. The molecule has 0 saturated carbocycles. The number of carbonyl (C=O) groups is 1. The van der Waals surface area contributed by atoms with Gasteiger partial charge in [-0.05, 0) is 54.4 Å². The van der Waals surface area contributed by atoms with Crippen molar-refractivity contribution in [1.29, 1.82) is 0 Å². The highest BCUT2D eigenvalue weighted by atomic mass is 32.2. The summed E-state index contributed by atoms with van der Waals surface area (Å²) in [4.78, 5) is 12.2. The molecule has 1 aromatic heterocycles. The van der Waals surface area contributed by atoms with Crippen LogP contribution in [0, 0.1) is 11.7 Å². The minimum Gasteiger partial charge on any atom is -0.491 e. The Morgan fingerprint density at radius 3 is 2.29 bits per heavy atom. The number of ether oxygens (including phenoxy) is 1. The first-order valence-corrected chi connectivity index (χ1v) is 15.2. The Labute approximate surface area is 236 Å².